The maximum absolute atomic E-state index is 12.2. The van der Waals surface area contributed by atoms with E-state index in [4.69, 9.17) is 12.2 Å². The molecule has 0 saturated carbocycles. The lowest BCUT2D eigenvalue weighted by atomic mass is 10.1. The highest BCUT2D eigenvalue weighted by atomic mass is 32.2. The van der Waals surface area contributed by atoms with Crippen molar-refractivity contribution in [3.63, 3.8) is 0 Å². The average molecular weight is 450 g/mol. The molecular weight excluding hydrogens is 426 g/mol. The number of benzene rings is 3. The first kappa shape index (κ1) is 22.5. The summed E-state index contributed by atoms with van der Waals surface area (Å²) >= 11 is 6.82. The molecule has 0 aliphatic carbocycles. The maximum atomic E-state index is 12.2. The minimum atomic E-state index is -0.115. The van der Waals surface area contributed by atoms with Crippen LogP contribution < -0.4 is 16.0 Å². The van der Waals surface area contributed by atoms with E-state index in [0.717, 1.165) is 16.3 Å². The van der Waals surface area contributed by atoms with Crippen molar-refractivity contribution >= 4 is 57.8 Å². The van der Waals surface area contributed by atoms with E-state index in [1.807, 2.05) is 55.5 Å². The number of ketones is 1. The lowest BCUT2D eigenvalue weighted by Crippen LogP contribution is -2.19. The Labute approximate surface area is 191 Å². The van der Waals surface area contributed by atoms with Crippen LogP contribution in [-0.2, 0) is 4.79 Å². The summed E-state index contributed by atoms with van der Waals surface area (Å²) in [6.07, 6.45) is 0. The van der Waals surface area contributed by atoms with Gasteiger partial charge in [-0.3, -0.25) is 9.59 Å². The second kappa shape index (κ2) is 10.7. The molecule has 0 radical (unpaired) electrons. The van der Waals surface area contributed by atoms with Gasteiger partial charge in [-0.05, 0) is 80.7 Å². The topological polar surface area (TPSA) is 70.2 Å². The molecular formula is C24H23N3O2S2. The van der Waals surface area contributed by atoms with Gasteiger partial charge < -0.3 is 16.0 Å². The van der Waals surface area contributed by atoms with Gasteiger partial charge in [0.15, 0.2) is 10.9 Å². The zero-order chi connectivity index (χ0) is 22.2. The van der Waals surface area contributed by atoms with Crippen molar-refractivity contribution in [3.05, 3.63) is 83.9 Å². The Kier molecular flexibility index (Phi) is 7.81. The van der Waals surface area contributed by atoms with Crippen LogP contribution in [0.1, 0.15) is 22.8 Å². The number of anilines is 3. The summed E-state index contributed by atoms with van der Waals surface area (Å²) in [6.45, 7) is 3.55. The van der Waals surface area contributed by atoms with Crippen LogP contribution in [0.4, 0.5) is 17.1 Å². The van der Waals surface area contributed by atoms with Gasteiger partial charge in [0.25, 0.3) is 0 Å². The second-order valence-electron chi connectivity index (χ2n) is 6.94. The number of carbonyl (C=O) groups excluding carboxylic acids is 2. The number of Topliss-reactive ketones (excluding diaryl/α,β-unsaturated/α-hetero) is 1. The monoisotopic (exact) mass is 449 g/mol. The molecule has 0 bridgehead atoms. The molecule has 3 aromatic rings. The summed E-state index contributed by atoms with van der Waals surface area (Å²) in [7, 11) is 0. The summed E-state index contributed by atoms with van der Waals surface area (Å²) < 4.78 is 0. The molecule has 31 heavy (non-hydrogen) atoms. The quantitative estimate of drug-likeness (QED) is 0.243. The van der Waals surface area contributed by atoms with Gasteiger partial charge >= 0.3 is 0 Å². The van der Waals surface area contributed by atoms with Crippen LogP contribution in [-0.4, -0.2) is 22.6 Å². The van der Waals surface area contributed by atoms with Crippen molar-refractivity contribution in [3.8, 4) is 0 Å². The molecule has 158 valence electrons. The van der Waals surface area contributed by atoms with Gasteiger partial charge in [0, 0.05) is 27.5 Å². The summed E-state index contributed by atoms with van der Waals surface area (Å²) in [6, 6.07) is 22.6. The van der Waals surface area contributed by atoms with Gasteiger partial charge in [-0.25, -0.2) is 0 Å². The molecule has 0 atom stereocenters. The zero-order valence-electron chi connectivity index (χ0n) is 17.3. The lowest BCUT2D eigenvalue weighted by Gasteiger charge is -2.12. The summed E-state index contributed by atoms with van der Waals surface area (Å²) in [5.41, 5.74) is 4.23. The number of rotatable bonds is 7. The number of amides is 1. The molecule has 3 rings (SSSR count). The van der Waals surface area contributed by atoms with E-state index < -0.39 is 0 Å². The average Bonchev–Trinajstić information content (AvgIpc) is 2.74. The standard InChI is InChI=1S/C24H23N3O2S2/c1-16-6-10-20(11-7-16)26-24(30)27-21-4-3-5-22(14-21)31-15-23(29)25-19-12-8-18(9-13-19)17(2)28/h3-14H,15H2,1-2H3,(H,25,29)(H2,26,27,30). The first-order valence-corrected chi connectivity index (χ1v) is 11.1. The first-order chi connectivity index (χ1) is 14.9. The second-order valence-corrected chi connectivity index (χ2v) is 8.40. The van der Waals surface area contributed by atoms with Gasteiger partial charge in [0.2, 0.25) is 5.91 Å². The van der Waals surface area contributed by atoms with Gasteiger partial charge in [-0.2, -0.15) is 0 Å². The molecule has 1 amide bonds. The number of thioether (sulfide) groups is 1. The molecule has 5 nitrogen and oxygen atoms in total. The Bertz CT molecular complexity index is 1080. The van der Waals surface area contributed by atoms with Crippen molar-refractivity contribution < 1.29 is 9.59 Å². The highest BCUT2D eigenvalue weighted by molar-refractivity contribution is 8.00. The summed E-state index contributed by atoms with van der Waals surface area (Å²) in [5.74, 6) is 0.148. The van der Waals surface area contributed by atoms with E-state index in [0.29, 0.717) is 16.4 Å². The van der Waals surface area contributed by atoms with Gasteiger partial charge in [-0.1, -0.05) is 23.8 Å². The van der Waals surface area contributed by atoms with E-state index >= 15 is 0 Å². The fourth-order valence-corrected chi connectivity index (χ4v) is 3.72. The van der Waals surface area contributed by atoms with E-state index in [-0.39, 0.29) is 17.4 Å². The minimum absolute atomic E-state index is 0.00419. The largest absolute Gasteiger partial charge is 0.332 e. The third-order valence-corrected chi connectivity index (χ3v) is 5.54. The maximum Gasteiger partial charge on any atom is 0.234 e. The smallest absolute Gasteiger partial charge is 0.234 e. The van der Waals surface area contributed by atoms with Crippen LogP contribution in [0.3, 0.4) is 0 Å². The van der Waals surface area contributed by atoms with Crippen LogP contribution in [0.2, 0.25) is 0 Å². The number of nitrogens with one attached hydrogen (secondary N) is 3. The molecule has 0 aliphatic rings. The number of hydrogen-bond acceptors (Lipinski definition) is 4. The molecule has 0 fully saturated rings. The normalized spacial score (nSPS) is 10.3. The van der Waals surface area contributed by atoms with Crippen molar-refractivity contribution in [2.24, 2.45) is 0 Å². The number of hydrogen-bond donors (Lipinski definition) is 3. The molecule has 7 heteroatoms. The van der Waals surface area contributed by atoms with Crippen LogP contribution in [0.15, 0.2) is 77.7 Å². The van der Waals surface area contributed by atoms with Crippen molar-refractivity contribution in [1.29, 1.82) is 0 Å². The highest BCUT2D eigenvalue weighted by Crippen LogP contribution is 2.22. The van der Waals surface area contributed by atoms with E-state index in [9.17, 15) is 9.59 Å². The van der Waals surface area contributed by atoms with Gasteiger partial charge in [0.1, 0.15) is 0 Å². The number of carbonyl (C=O) groups is 2. The van der Waals surface area contributed by atoms with Gasteiger partial charge in [-0.15, -0.1) is 11.8 Å². The van der Waals surface area contributed by atoms with E-state index in [1.54, 1.807) is 24.3 Å². The van der Waals surface area contributed by atoms with Gasteiger partial charge in [0.05, 0.1) is 5.75 Å². The molecule has 0 aromatic heterocycles. The molecule has 0 saturated heterocycles. The Morgan fingerprint density at radius 2 is 1.45 bits per heavy atom. The molecule has 3 aromatic carbocycles. The summed E-state index contributed by atoms with van der Waals surface area (Å²) in [5, 5.41) is 9.66. The molecule has 0 spiro atoms. The van der Waals surface area contributed by atoms with Crippen molar-refractivity contribution in [1.82, 2.24) is 0 Å². The Morgan fingerprint density at radius 3 is 2.13 bits per heavy atom. The highest BCUT2D eigenvalue weighted by Gasteiger charge is 2.06. The molecule has 3 N–H and O–H groups in total. The Balaban J connectivity index is 1.50. The molecule has 0 heterocycles. The Hall–Kier alpha value is -3.16. The van der Waals surface area contributed by atoms with Crippen LogP contribution in [0.5, 0.6) is 0 Å². The van der Waals surface area contributed by atoms with E-state index in [2.05, 4.69) is 16.0 Å². The fraction of sp³-hybridized carbons (Fsp3) is 0.125. The van der Waals surface area contributed by atoms with Crippen molar-refractivity contribution in [2.45, 2.75) is 18.7 Å². The zero-order valence-corrected chi connectivity index (χ0v) is 18.9. The van der Waals surface area contributed by atoms with Crippen LogP contribution in [0, 0.1) is 6.92 Å². The number of thiocarbonyl (C=S) groups is 1. The first-order valence-electron chi connectivity index (χ1n) is 9.67. The van der Waals surface area contributed by atoms with Crippen molar-refractivity contribution in [2.75, 3.05) is 21.7 Å². The molecule has 0 aliphatic heterocycles. The predicted molar refractivity (Wildman–Crippen MR) is 133 cm³/mol. The van der Waals surface area contributed by atoms with Crippen LogP contribution >= 0.6 is 24.0 Å². The Morgan fingerprint density at radius 1 is 0.839 bits per heavy atom. The molecule has 0 unspecified atom stereocenters. The third kappa shape index (κ3) is 7.24. The van der Waals surface area contributed by atoms with Crippen LogP contribution in [0.25, 0.3) is 0 Å². The number of aryl methyl sites for hydroxylation is 1. The summed E-state index contributed by atoms with van der Waals surface area (Å²) in [4.78, 5) is 24.5. The lowest BCUT2D eigenvalue weighted by molar-refractivity contribution is -0.113. The predicted octanol–water partition coefficient (Wildman–Crippen LogP) is 5.74. The SMILES string of the molecule is CC(=O)c1ccc(NC(=O)CSc2cccc(NC(=S)Nc3ccc(C)cc3)c2)cc1. The third-order valence-electron chi connectivity index (χ3n) is 4.35. The van der Waals surface area contributed by atoms with E-state index in [1.165, 1.54) is 24.2 Å². The fourth-order valence-electron chi connectivity index (χ4n) is 2.73. The minimum Gasteiger partial charge on any atom is -0.332 e.